The molecular formula is C22H20N2O4S. The van der Waals surface area contributed by atoms with Crippen LogP contribution in [0.1, 0.15) is 13.8 Å². The zero-order chi connectivity index (χ0) is 20.7. The topological polar surface area (TPSA) is 82.6 Å². The highest BCUT2D eigenvalue weighted by Crippen LogP contribution is 2.40. The van der Waals surface area contributed by atoms with E-state index in [1.165, 1.54) is 16.2 Å². The Morgan fingerprint density at radius 1 is 1.14 bits per heavy atom. The number of thiophene rings is 1. The fourth-order valence-electron chi connectivity index (χ4n) is 3.70. The van der Waals surface area contributed by atoms with E-state index < -0.39 is 6.09 Å². The first kappa shape index (κ1) is 19.0. The maximum atomic E-state index is 12.4. The SMILES string of the molecule is COc1ccc2[nH]c(=O)c3sccc3c2c1-c1ccc(N(C(=O)O)C(C)C)cc1. The van der Waals surface area contributed by atoms with Crippen LogP contribution in [0.4, 0.5) is 10.5 Å². The zero-order valence-electron chi connectivity index (χ0n) is 16.2. The normalized spacial score (nSPS) is 11.3. The summed E-state index contributed by atoms with van der Waals surface area (Å²) < 4.78 is 6.29. The summed E-state index contributed by atoms with van der Waals surface area (Å²) in [6.45, 7) is 3.67. The van der Waals surface area contributed by atoms with Crippen molar-refractivity contribution in [1.29, 1.82) is 0 Å². The van der Waals surface area contributed by atoms with Crippen molar-refractivity contribution >= 4 is 44.1 Å². The lowest BCUT2D eigenvalue weighted by Crippen LogP contribution is -2.35. The Labute approximate surface area is 171 Å². The molecule has 0 aliphatic rings. The van der Waals surface area contributed by atoms with Gasteiger partial charge in [-0.2, -0.15) is 0 Å². The summed E-state index contributed by atoms with van der Waals surface area (Å²) >= 11 is 1.40. The summed E-state index contributed by atoms with van der Waals surface area (Å²) in [5.41, 5.74) is 2.97. The molecule has 2 aromatic heterocycles. The number of anilines is 1. The van der Waals surface area contributed by atoms with Gasteiger partial charge < -0.3 is 14.8 Å². The molecule has 0 atom stereocenters. The van der Waals surface area contributed by atoms with Crippen molar-refractivity contribution in [2.45, 2.75) is 19.9 Å². The maximum absolute atomic E-state index is 12.4. The van der Waals surface area contributed by atoms with E-state index in [2.05, 4.69) is 4.98 Å². The molecule has 0 aliphatic heterocycles. The van der Waals surface area contributed by atoms with Gasteiger partial charge in [-0.3, -0.25) is 9.69 Å². The van der Waals surface area contributed by atoms with Crippen LogP contribution in [-0.4, -0.2) is 29.3 Å². The van der Waals surface area contributed by atoms with Crippen LogP contribution >= 0.6 is 11.3 Å². The highest BCUT2D eigenvalue weighted by molar-refractivity contribution is 7.17. The molecule has 0 aliphatic carbocycles. The van der Waals surface area contributed by atoms with Crippen molar-refractivity contribution in [3.05, 3.63) is 58.2 Å². The summed E-state index contributed by atoms with van der Waals surface area (Å²) in [4.78, 5) is 28.2. The number of rotatable bonds is 4. The molecular weight excluding hydrogens is 388 g/mol. The highest BCUT2D eigenvalue weighted by Gasteiger charge is 2.19. The van der Waals surface area contributed by atoms with Crippen LogP contribution in [0.15, 0.2) is 52.6 Å². The minimum absolute atomic E-state index is 0.108. The lowest BCUT2D eigenvalue weighted by molar-refractivity contribution is 0.200. The van der Waals surface area contributed by atoms with E-state index >= 15 is 0 Å². The second kappa shape index (κ2) is 7.25. The fraction of sp³-hybridized carbons (Fsp3) is 0.182. The Morgan fingerprint density at radius 2 is 1.86 bits per heavy atom. The molecule has 1 amide bonds. The van der Waals surface area contributed by atoms with Gasteiger partial charge in [0.05, 0.1) is 7.11 Å². The van der Waals surface area contributed by atoms with E-state index in [0.29, 0.717) is 16.1 Å². The summed E-state index contributed by atoms with van der Waals surface area (Å²) in [7, 11) is 1.61. The Kier molecular flexibility index (Phi) is 4.76. The first-order valence-corrected chi connectivity index (χ1v) is 10.0. The third kappa shape index (κ3) is 3.13. The Balaban J connectivity index is 1.97. The van der Waals surface area contributed by atoms with Crippen LogP contribution in [0, 0.1) is 0 Å². The summed E-state index contributed by atoms with van der Waals surface area (Å²) in [5.74, 6) is 0.684. The number of aromatic amines is 1. The molecule has 0 saturated heterocycles. The van der Waals surface area contributed by atoms with Crippen molar-refractivity contribution in [2.75, 3.05) is 12.0 Å². The number of benzene rings is 2. The van der Waals surface area contributed by atoms with E-state index in [4.69, 9.17) is 4.74 Å². The number of carboxylic acid groups (broad SMARTS) is 1. The number of nitrogens with one attached hydrogen (secondary N) is 1. The van der Waals surface area contributed by atoms with Crippen LogP contribution < -0.4 is 15.2 Å². The third-order valence-corrected chi connectivity index (χ3v) is 5.85. The zero-order valence-corrected chi connectivity index (χ0v) is 17.0. The summed E-state index contributed by atoms with van der Waals surface area (Å²) in [5, 5.41) is 13.2. The molecule has 0 radical (unpaired) electrons. The first-order valence-electron chi connectivity index (χ1n) is 9.15. The molecule has 0 fully saturated rings. The minimum Gasteiger partial charge on any atom is -0.496 e. The first-order chi connectivity index (χ1) is 13.9. The number of hydrogen-bond acceptors (Lipinski definition) is 4. The lowest BCUT2D eigenvalue weighted by Gasteiger charge is -2.23. The predicted octanol–water partition coefficient (Wildman–Crippen LogP) is 5.31. The molecule has 0 bridgehead atoms. The van der Waals surface area contributed by atoms with Crippen LogP contribution in [0.25, 0.3) is 32.1 Å². The molecule has 7 heteroatoms. The van der Waals surface area contributed by atoms with Crippen LogP contribution in [0.3, 0.4) is 0 Å². The predicted molar refractivity (Wildman–Crippen MR) is 118 cm³/mol. The monoisotopic (exact) mass is 408 g/mol. The smallest absolute Gasteiger partial charge is 0.412 e. The number of aromatic nitrogens is 1. The number of methoxy groups -OCH3 is 1. The van der Waals surface area contributed by atoms with E-state index in [1.54, 1.807) is 19.2 Å². The van der Waals surface area contributed by atoms with Crippen LogP contribution in [0.5, 0.6) is 5.75 Å². The van der Waals surface area contributed by atoms with Gasteiger partial charge in [-0.1, -0.05) is 12.1 Å². The van der Waals surface area contributed by atoms with E-state index in [1.807, 2.05) is 49.6 Å². The Hall–Kier alpha value is -3.32. The number of hydrogen-bond donors (Lipinski definition) is 2. The van der Waals surface area contributed by atoms with Gasteiger partial charge in [-0.05, 0) is 55.1 Å². The molecule has 148 valence electrons. The summed E-state index contributed by atoms with van der Waals surface area (Å²) in [6, 6.07) is 12.8. The Bertz CT molecular complexity index is 1270. The molecule has 6 nitrogen and oxygen atoms in total. The quantitative estimate of drug-likeness (QED) is 0.479. The van der Waals surface area contributed by atoms with Crippen molar-refractivity contribution in [3.8, 4) is 16.9 Å². The van der Waals surface area contributed by atoms with Crippen molar-refractivity contribution in [2.24, 2.45) is 0 Å². The van der Waals surface area contributed by atoms with Gasteiger partial charge in [0, 0.05) is 33.6 Å². The van der Waals surface area contributed by atoms with Gasteiger partial charge in [0.25, 0.3) is 5.56 Å². The largest absolute Gasteiger partial charge is 0.496 e. The number of nitrogens with zero attached hydrogens (tertiary/aromatic N) is 1. The fourth-order valence-corrected chi connectivity index (χ4v) is 4.50. The van der Waals surface area contributed by atoms with Gasteiger partial charge in [0.2, 0.25) is 0 Å². The standard InChI is InChI=1S/C22H20N2O4S/c1-12(2)24(22(26)27)14-6-4-13(5-7-14)18-17(28-3)9-8-16-19(18)15-10-11-29-20(15)21(25)23-16/h4-12H,1-3H3,(H,23,25)(H,26,27). The molecule has 2 N–H and O–H groups in total. The number of fused-ring (bicyclic) bond motifs is 3. The lowest BCUT2D eigenvalue weighted by atomic mass is 9.97. The molecule has 4 aromatic rings. The van der Waals surface area contributed by atoms with E-state index in [0.717, 1.165) is 27.4 Å². The highest BCUT2D eigenvalue weighted by atomic mass is 32.1. The second-order valence-corrected chi connectivity index (χ2v) is 7.89. The maximum Gasteiger partial charge on any atom is 0.412 e. The Morgan fingerprint density at radius 3 is 2.48 bits per heavy atom. The second-order valence-electron chi connectivity index (χ2n) is 6.98. The number of H-pyrrole nitrogens is 1. The van der Waals surface area contributed by atoms with Gasteiger partial charge in [-0.15, -0.1) is 11.3 Å². The number of carbonyl (C=O) groups is 1. The molecule has 2 aromatic carbocycles. The summed E-state index contributed by atoms with van der Waals surface area (Å²) in [6.07, 6.45) is -0.993. The van der Waals surface area contributed by atoms with Crippen LogP contribution in [-0.2, 0) is 0 Å². The minimum atomic E-state index is -0.993. The molecule has 29 heavy (non-hydrogen) atoms. The molecule has 0 unspecified atom stereocenters. The van der Waals surface area contributed by atoms with Gasteiger partial charge in [0.15, 0.2) is 0 Å². The molecule has 2 heterocycles. The molecule has 0 spiro atoms. The average Bonchev–Trinajstić information content (AvgIpc) is 3.18. The third-order valence-electron chi connectivity index (χ3n) is 4.93. The van der Waals surface area contributed by atoms with Crippen molar-refractivity contribution in [1.82, 2.24) is 4.98 Å². The number of ether oxygens (including phenoxy) is 1. The average molecular weight is 408 g/mol. The van der Waals surface area contributed by atoms with E-state index in [9.17, 15) is 14.7 Å². The van der Waals surface area contributed by atoms with E-state index in [-0.39, 0.29) is 11.6 Å². The van der Waals surface area contributed by atoms with Gasteiger partial charge in [-0.25, -0.2) is 4.79 Å². The number of pyridine rings is 1. The van der Waals surface area contributed by atoms with Crippen molar-refractivity contribution in [3.63, 3.8) is 0 Å². The molecule has 4 rings (SSSR count). The number of amides is 1. The van der Waals surface area contributed by atoms with Gasteiger partial charge in [0.1, 0.15) is 10.4 Å². The molecule has 0 saturated carbocycles. The van der Waals surface area contributed by atoms with Crippen molar-refractivity contribution < 1.29 is 14.6 Å². The van der Waals surface area contributed by atoms with Crippen LogP contribution in [0.2, 0.25) is 0 Å². The van der Waals surface area contributed by atoms with Gasteiger partial charge >= 0.3 is 6.09 Å².